The lowest BCUT2D eigenvalue weighted by Gasteiger charge is -2.18. The standard InChI is InChI=1S/C22H16F4O4/c1-28-21(27)20(30-18-11-7-16(23)8-12-18)14-5-9-17(10-6-14)29-19-4-2-3-15(13-19)22(24,25)26/h2-13,20H,1H3. The highest BCUT2D eigenvalue weighted by atomic mass is 19.4. The zero-order chi connectivity index (χ0) is 21.7. The maximum atomic E-state index is 13.1. The third kappa shape index (κ3) is 5.28. The van der Waals surface area contributed by atoms with Gasteiger partial charge in [0.05, 0.1) is 12.7 Å². The average molecular weight is 420 g/mol. The van der Waals surface area contributed by atoms with E-state index in [-0.39, 0.29) is 17.2 Å². The summed E-state index contributed by atoms with van der Waals surface area (Å²) in [4.78, 5) is 12.1. The maximum Gasteiger partial charge on any atom is 0.416 e. The van der Waals surface area contributed by atoms with Crippen molar-refractivity contribution in [1.29, 1.82) is 0 Å². The van der Waals surface area contributed by atoms with Crippen LogP contribution < -0.4 is 9.47 Å². The monoisotopic (exact) mass is 420 g/mol. The number of halogens is 4. The Labute approximate surface area is 169 Å². The Morgan fingerprint density at radius 3 is 2.10 bits per heavy atom. The van der Waals surface area contributed by atoms with Gasteiger partial charge in [0.1, 0.15) is 23.1 Å². The van der Waals surface area contributed by atoms with E-state index in [9.17, 15) is 22.4 Å². The topological polar surface area (TPSA) is 44.8 Å². The summed E-state index contributed by atoms with van der Waals surface area (Å²) in [6.45, 7) is 0. The SMILES string of the molecule is COC(=O)C(Oc1ccc(F)cc1)c1ccc(Oc2cccc(C(F)(F)F)c2)cc1. The summed E-state index contributed by atoms with van der Waals surface area (Å²) in [5, 5.41) is 0. The molecule has 0 radical (unpaired) electrons. The minimum atomic E-state index is -4.48. The highest BCUT2D eigenvalue weighted by molar-refractivity contribution is 5.77. The van der Waals surface area contributed by atoms with Crippen molar-refractivity contribution in [2.24, 2.45) is 0 Å². The third-order valence-corrected chi connectivity index (χ3v) is 4.06. The first-order valence-corrected chi connectivity index (χ1v) is 8.71. The molecule has 0 fully saturated rings. The zero-order valence-corrected chi connectivity index (χ0v) is 15.7. The quantitative estimate of drug-likeness (QED) is 0.366. The first kappa shape index (κ1) is 21.2. The summed E-state index contributed by atoms with van der Waals surface area (Å²) < 4.78 is 67.4. The molecule has 0 amide bonds. The molecule has 3 aromatic rings. The van der Waals surface area contributed by atoms with Crippen LogP contribution in [0.1, 0.15) is 17.2 Å². The molecule has 0 aliphatic carbocycles. The number of hydrogen-bond acceptors (Lipinski definition) is 4. The zero-order valence-electron chi connectivity index (χ0n) is 15.7. The van der Waals surface area contributed by atoms with Crippen molar-refractivity contribution in [2.45, 2.75) is 12.3 Å². The smallest absolute Gasteiger partial charge is 0.416 e. The number of hydrogen-bond donors (Lipinski definition) is 0. The van der Waals surface area contributed by atoms with Gasteiger partial charge >= 0.3 is 12.1 Å². The molecule has 0 saturated heterocycles. The summed E-state index contributed by atoms with van der Waals surface area (Å²) in [7, 11) is 1.20. The van der Waals surface area contributed by atoms with Crippen LogP contribution in [-0.4, -0.2) is 13.1 Å². The van der Waals surface area contributed by atoms with Crippen LogP contribution in [0.5, 0.6) is 17.2 Å². The molecule has 4 nitrogen and oxygen atoms in total. The van der Waals surface area contributed by atoms with Gasteiger partial charge in [0.25, 0.3) is 0 Å². The van der Waals surface area contributed by atoms with Crippen molar-refractivity contribution in [2.75, 3.05) is 7.11 Å². The van der Waals surface area contributed by atoms with Crippen molar-refractivity contribution < 1.29 is 36.6 Å². The van der Waals surface area contributed by atoms with Crippen LogP contribution in [0.3, 0.4) is 0 Å². The van der Waals surface area contributed by atoms with Gasteiger partial charge in [-0.1, -0.05) is 18.2 Å². The second-order valence-corrected chi connectivity index (χ2v) is 6.17. The molecular formula is C22H16F4O4. The lowest BCUT2D eigenvalue weighted by molar-refractivity contribution is -0.149. The van der Waals surface area contributed by atoms with E-state index in [1.807, 2.05) is 0 Å². The molecule has 3 rings (SSSR count). The summed E-state index contributed by atoms with van der Waals surface area (Å²) in [5.74, 6) is -0.580. The number of ether oxygens (including phenoxy) is 3. The lowest BCUT2D eigenvalue weighted by Crippen LogP contribution is -2.20. The van der Waals surface area contributed by atoms with Gasteiger partial charge in [-0.15, -0.1) is 0 Å². The van der Waals surface area contributed by atoms with E-state index in [0.717, 1.165) is 12.1 Å². The van der Waals surface area contributed by atoms with Gasteiger partial charge in [-0.2, -0.15) is 13.2 Å². The normalized spacial score (nSPS) is 12.2. The predicted octanol–water partition coefficient (Wildman–Crippen LogP) is 5.93. The van der Waals surface area contributed by atoms with Crippen LogP contribution in [0.2, 0.25) is 0 Å². The van der Waals surface area contributed by atoms with Crippen LogP contribution in [-0.2, 0) is 15.7 Å². The van der Waals surface area contributed by atoms with Crippen LogP contribution in [0.25, 0.3) is 0 Å². The van der Waals surface area contributed by atoms with Crippen LogP contribution >= 0.6 is 0 Å². The lowest BCUT2D eigenvalue weighted by atomic mass is 10.1. The highest BCUT2D eigenvalue weighted by Gasteiger charge is 2.30. The van der Waals surface area contributed by atoms with Gasteiger partial charge in [0, 0.05) is 5.56 Å². The van der Waals surface area contributed by atoms with Gasteiger partial charge in [-0.05, 0) is 54.6 Å². The molecule has 156 valence electrons. The molecule has 30 heavy (non-hydrogen) atoms. The molecule has 0 saturated carbocycles. The van der Waals surface area contributed by atoms with Gasteiger partial charge < -0.3 is 14.2 Å². The van der Waals surface area contributed by atoms with Gasteiger partial charge in [0.15, 0.2) is 0 Å². The van der Waals surface area contributed by atoms with Crippen molar-refractivity contribution in [1.82, 2.24) is 0 Å². The van der Waals surface area contributed by atoms with E-state index in [4.69, 9.17) is 14.2 Å². The first-order valence-electron chi connectivity index (χ1n) is 8.71. The van der Waals surface area contributed by atoms with Crippen molar-refractivity contribution in [3.05, 3.63) is 89.7 Å². The first-order chi connectivity index (χ1) is 14.3. The number of benzene rings is 3. The van der Waals surface area contributed by atoms with E-state index in [0.29, 0.717) is 5.56 Å². The average Bonchev–Trinajstić information content (AvgIpc) is 2.73. The Kier molecular flexibility index (Phi) is 6.25. The Bertz CT molecular complexity index is 999. The Morgan fingerprint density at radius 1 is 0.867 bits per heavy atom. The molecule has 0 spiro atoms. The number of rotatable bonds is 6. The summed E-state index contributed by atoms with van der Waals surface area (Å²) in [6, 6.07) is 15.6. The van der Waals surface area contributed by atoms with Crippen molar-refractivity contribution in [3.8, 4) is 17.2 Å². The van der Waals surface area contributed by atoms with E-state index >= 15 is 0 Å². The summed E-state index contributed by atoms with van der Waals surface area (Å²) in [6.07, 6.45) is -5.60. The number of carbonyl (C=O) groups is 1. The molecule has 3 aromatic carbocycles. The van der Waals surface area contributed by atoms with Crippen LogP contribution in [0.4, 0.5) is 17.6 Å². The molecule has 0 aromatic heterocycles. The van der Waals surface area contributed by atoms with Crippen molar-refractivity contribution in [3.63, 3.8) is 0 Å². The van der Waals surface area contributed by atoms with Gasteiger partial charge in [-0.3, -0.25) is 0 Å². The summed E-state index contributed by atoms with van der Waals surface area (Å²) in [5.41, 5.74) is -0.405. The van der Waals surface area contributed by atoms with E-state index in [2.05, 4.69) is 0 Å². The van der Waals surface area contributed by atoms with E-state index in [1.54, 1.807) is 0 Å². The van der Waals surface area contributed by atoms with E-state index in [1.165, 1.54) is 67.8 Å². The van der Waals surface area contributed by atoms with Crippen LogP contribution in [0.15, 0.2) is 72.8 Å². The van der Waals surface area contributed by atoms with Gasteiger partial charge in [0.2, 0.25) is 6.10 Å². The highest BCUT2D eigenvalue weighted by Crippen LogP contribution is 2.33. The Hall–Kier alpha value is -3.55. The largest absolute Gasteiger partial charge is 0.474 e. The molecular weight excluding hydrogens is 404 g/mol. The minimum absolute atomic E-state index is 0.0182. The molecule has 8 heteroatoms. The second-order valence-electron chi connectivity index (χ2n) is 6.17. The fourth-order valence-corrected chi connectivity index (χ4v) is 2.59. The summed E-state index contributed by atoms with van der Waals surface area (Å²) >= 11 is 0. The maximum absolute atomic E-state index is 13.1. The fourth-order valence-electron chi connectivity index (χ4n) is 2.59. The number of esters is 1. The number of methoxy groups -OCH3 is 1. The molecule has 0 aliphatic heterocycles. The fraction of sp³-hybridized carbons (Fsp3) is 0.136. The van der Waals surface area contributed by atoms with E-state index < -0.39 is 29.6 Å². The second kappa shape index (κ2) is 8.86. The molecule has 0 N–H and O–H groups in total. The predicted molar refractivity (Wildman–Crippen MR) is 99.7 cm³/mol. The number of alkyl halides is 3. The molecule has 1 unspecified atom stereocenters. The molecule has 1 atom stereocenters. The van der Waals surface area contributed by atoms with Crippen molar-refractivity contribution >= 4 is 5.97 Å². The van der Waals surface area contributed by atoms with Gasteiger partial charge in [-0.25, -0.2) is 9.18 Å². The molecule has 0 heterocycles. The third-order valence-electron chi connectivity index (χ3n) is 4.06. The minimum Gasteiger partial charge on any atom is -0.474 e. The molecule has 0 bridgehead atoms. The Balaban J connectivity index is 1.78. The number of carbonyl (C=O) groups excluding carboxylic acids is 1. The molecule has 0 aliphatic rings. The Morgan fingerprint density at radius 2 is 1.50 bits per heavy atom. The van der Waals surface area contributed by atoms with Crippen LogP contribution in [0, 0.1) is 5.82 Å².